The lowest BCUT2D eigenvalue weighted by atomic mass is 10.2. The number of rotatable bonds is 2. The molecule has 1 nitrogen and oxygen atoms in total. The third-order valence-corrected chi connectivity index (χ3v) is 2.40. The zero-order valence-corrected chi connectivity index (χ0v) is 8.19. The molecule has 1 N–H and O–H groups in total. The van der Waals surface area contributed by atoms with Gasteiger partial charge in [0.1, 0.15) is 0 Å². The molecule has 1 aromatic carbocycles. The molecule has 0 saturated carbocycles. The van der Waals surface area contributed by atoms with Crippen LogP contribution in [-0.2, 0) is 6.42 Å². The normalized spacial score (nSPS) is 10.1. The van der Waals surface area contributed by atoms with Gasteiger partial charge in [0.15, 0.2) is 0 Å². The van der Waals surface area contributed by atoms with E-state index in [-0.39, 0.29) is 6.61 Å². The van der Waals surface area contributed by atoms with Crippen molar-refractivity contribution in [1.82, 2.24) is 0 Å². The minimum absolute atomic E-state index is 0.152. The summed E-state index contributed by atoms with van der Waals surface area (Å²) in [5.41, 5.74) is 1.04. The number of hydrogen-bond donors (Lipinski definition) is 1. The Morgan fingerprint density at radius 2 is 2.18 bits per heavy atom. The van der Waals surface area contributed by atoms with Gasteiger partial charge in [0.2, 0.25) is 0 Å². The molecule has 0 aromatic heterocycles. The predicted octanol–water partition coefficient (Wildman–Crippen LogP) is 2.64. The van der Waals surface area contributed by atoms with E-state index in [4.69, 9.17) is 16.7 Å². The summed E-state index contributed by atoms with van der Waals surface area (Å²) < 4.78 is 0.996. The van der Waals surface area contributed by atoms with Crippen LogP contribution in [0.15, 0.2) is 22.7 Å². The molecule has 0 aliphatic rings. The van der Waals surface area contributed by atoms with E-state index in [1.165, 1.54) is 0 Å². The zero-order valence-electron chi connectivity index (χ0n) is 5.85. The molecule has 0 atom stereocenters. The Morgan fingerprint density at radius 3 is 2.82 bits per heavy atom. The maximum absolute atomic E-state index is 8.67. The SMILES string of the molecule is OCCc1cc(Cl)ccc1Br. The Balaban J connectivity index is 2.93. The molecule has 0 radical (unpaired) electrons. The van der Waals surface area contributed by atoms with Gasteiger partial charge in [-0.1, -0.05) is 27.5 Å². The summed E-state index contributed by atoms with van der Waals surface area (Å²) >= 11 is 9.11. The smallest absolute Gasteiger partial charge is 0.0471 e. The summed E-state index contributed by atoms with van der Waals surface area (Å²) in [5, 5.41) is 9.38. The fourth-order valence-corrected chi connectivity index (χ4v) is 1.49. The summed E-state index contributed by atoms with van der Waals surface area (Å²) in [6, 6.07) is 5.54. The van der Waals surface area contributed by atoms with Crippen molar-refractivity contribution in [2.45, 2.75) is 6.42 Å². The first-order valence-corrected chi connectivity index (χ1v) is 4.46. The van der Waals surface area contributed by atoms with Gasteiger partial charge in [-0.2, -0.15) is 0 Å². The van der Waals surface area contributed by atoms with Crippen molar-refractivity contribution >= 4 is 27.5 Å². The molecule has 0 spiro atoms. The summed E-state index contributed by atoms with van der Waals surface area (Å²) in [6.07, 6.45) is 0.640. The lowest BCUT2D eigenvalue weighted by Crippen LogP contribution is -1.91. The van der Waals surface area contributed by atoms with E-state index in [0.29, 0.717) is 11.4 Å². The molecule has 0 heterocycles. The van der Waals surface area contributed by atoms with Crippen molar-refractivity contribution in [2.75, 3.05) is 6.61 Å². The number of aliphatic hydroxyl groups is 1. The van der Waals surface area contributed by atoms with Crippen LogP contribution in [0, 0.1) is 0 Å². The van der Waals surface area contributed by atoms with Crippen LogP contribution in [0.3, 0.4) is 0 Å². The molecular formula is C8H8BrClO. The van der Waals surface area contributed by atoms with Crippen molar-refractivity contribution in [1.29, 1.82) is 0 Å². The Bertz CT molecular complexity index is 250. The number of aliphatic hydroxyl groups excluding tert-OH is 1. The van der Waals surface area contributed by atoms with Gasteiger partial charge in [0.05, 0.1) is 0 Å². The van der Waals surface area contributed by atoms with Crippen LogP contribution in [0.5, 0.6) is 0 Å². The van der Waals surface area contributed by atoms with Crippen molar-refractivity contribution in [3.05, 3.63) is 33.3 Å². The number of hydrogen-bond acceptors (Lipinski definition) is 1. The van der Waals surface area contributed by atoms with Crippen LogP contribution in [0.1, 0.15) is 5.56 Å². The van der Waals surface area contributed by atoms with Crippen LogP contribution in [-0.4, -0.2) is 11.7 Å². The molecule has 0 bridgehead atoms. The Hall–Kier alpha value is -0.0500. The topological polar surface area (TPSA) is 20.2 Å². The van der Waals surface area contributed by atoms with Crippen LogP contribution >= 0.6 is 27.5 Å². The fourth-order valence-electron chi connectivity index (χ4n) is 0.855. The van der Waals surface area contributed by atoms with E-state index in [9.17, 15) is 0 Å². The first kappa shape index (κ1) is 9.04. The first-order chi connectivity index (χ1) is 5.24. The third kappa shape index (κ3) is 2.47. The van der Waals surface area contributed by atoms with Gasteiger partial charge in [-0.3, -0.25) is 0 Å². The molecule has 0 amide bonds. The molecule has 3 heteroatoms. The second kappa shape index (κ2) is 4.10. The third-order valence-electron chi connectivity index (χ3n) is 1.39. The van der Waals surface area contributed by atoms with Gasteiger partial charge in [-0.05, 0) is 30.2 Å². The molecule has 0 aliphatic heterocycles. The Morgan fingerprint density at radius 1 is 1.45 bits per heavy atom. The predicted molar refractivity (Wildman–Crippen MR) is 49.9 cm³/mol. The van der Waals surface area contributed by atoms with Crippen molar-refractivity contribution in [3.8, 4) is 0 Å². The summed E-state index contributed by atoms with van der Waals surface area (Å²) in [5.74, 6) is 0. The van der Waals surface area contributed by atoms with E-state index in [0.717, 1.165) is 10.0 Å². The van der Waals surface area contributed by atoms with E-state index < -0.39 is 0 Å². The highest BCUT2D eigenvalue weighted by atomic mass is 79.9. The lowest BCUT2D eigenvalue weighted by molar-refractivity contribution is 0.299. The maximum atomic E-state index is 8.67. The van der Waals surface area contributed by atoms with Crippen LogP contribution in [0.25, 0.3) is 0 Å². The van der Waals surface area contributed by atoms with Gasteiger partial charge in [0.25, 0.3) is 0 Å². The molecule has 1 aromatic rings. The molecule has 0 aliphatic carbocycles. The second-order valence-corrected chi connectivity index (χ2v) is 3.50. The molecule has 0 saturated heterocycles. The monoisotopic (exact) mass is 234 g/mol. The Labute approximate surface area is 79.1 Å². The first-order valence-electron chi connectivity index (χ1n) is 3.29. The minimum atomic E-state index is 0.152. The van der Waals surface area contributed by atoms with E-state index in [1.54, 1.807) is 0 Å². The highest BCUT2D eigenvalue weighted by Crippen LogP contribution is 2.21. The largest absolute Gasteiger partial charge is 0.396 e. The van der Waals surface area contributed by atoms with E-state index in [2.05, 4.69) is 15.9 Å². The van der Waals surface area contributed by atoms with Crippen molar-refractivity contribution < 1.29 is 5.11 Å². The van der Waals surface area contributed by atoms with Gasteiger partial charge < -0.3 is 5.11 Å². The molecule has 0 unspecified atom stereocenters. The van der Waals surface area contributed by atoms with Gasteiger partial charge >= 0.3 is 0 Å². The average Bonchev–Trinajstić information content (AvgIpc) is 1.98. The van der Waals surface area contributed by atoms with Gasteiger partial charge in [-0.25, -0.2) is 0 Å². The van der Waals surface area contributed by atoms with Crippen molar-refractivity contribution in [2.24, 2.45) is 0 Å². The summed E-state index contributed by atoms with van der Waals surface area (Å²) in [4.78, 5) is 0. The standard InChI is InChI=1S/C8H8BrClO/c9-8-2-1-7(10)5-6(8)3-4-11/h1-2,5,11H,3-4H2. The highest BCUT2D eigenvalue weighted by Gasteiger charge is 1.98. The molecular weight excluding hydrogens is 227 g/mol. The van der Waals surface area contributed by atoms with E-state index in [1.807, 2.05) is 18.2 Å². The Kier molecular flexibility index (Phi) is 3.37. The summed E-state index contributed by atoms with van der Waals surface area (Å²) in [6.45, 7) is 0.152. The van der Waals surface area contributed by atoms with Crippen LogP contribution < -0.4 is 0 Å². The minimum Gasteiger partial charge on any atom is -0.396 e. The number of halogens is 2. The highest BCUT2D eigenvalue weighted by molar-refractivity contribution is 9.10. The average molecular weight is 236 g/mol. The van der Waals surface area contributed by atoms with Gasteiger partial charge in [-0.15, -0.1) is 0 Å². The second-order valence-electron chi connectivity index (χ2n) is 2.21. The van der Waals surface area contributed by atoms with Gasteiger partial charge in [0, 0.05) is 16.1 Å². The zero-order chi connectivity index (χ0) is 8.27. The van der Waals surface area contributed by atoms with Crippen LogP contribution in [0.4, 0.5) is 0 Å². The quantitative estimate of drug-likeness (QED) is 0.835. The molecule has 11 heavy (non-hydrogen) atoms. The fraction of sp³-hybridized carbons (Fsp3) is 0.250. The maximum Gasteiger partial charge on any atom is 0.0471 e. The molecule has 0 fully saturated rings. The molecule has 60 valence electrons. The van der Waals surface area contributed by atoms with Crippen molar-refractivity contribution in [3.63, 3.8) is 0 Å². The number of benzene rings is 1. The lowest BCUT2D eigenvalue weighted by Gasteiger charge is -2.01. The van der Waals surface area contributed by atoms with Crippen LogP contribution in [0.2, 0.25) is 5.02 Å². The summed E-state index contributed by atoms with van der Waals surface area (Å²) in [7, 11) is 0. The molecule has 1 rings (SSSR count). The van der Waals surface area contributed by atoms with E-state index >= 15 is 0 Å².